The molecule has 0 saturated carbocycles. The number of carboxylic acid groups (broad SMARTS) is 3. The Morgan fingerprint density at radius 2 is 1.43 bits per heavy atom. The van der Waals surface area contributed by atoms with Crippen LogP contribution in [0.3, 0.4) is 0 Å². The summed E-state index contributed by atoms with van der Waals surface area (Å²) in [7, 11) is 0. The van der Waals surface area contributed by atoms with Crippen molar-refractivity contribution < 1.29 is 92.2 Å². The van der Waals surface area contributed by atoms with Crippen LogP contribution in [-0.2, 0) is 14.4 Å². The first-order valence-electron chi connectivity index (χ1n) is 18.4. The summed E-state index contributed by atoms with van der Waals surface area (Å²) < 4.78 is 147. The van der Waals surface area contributed by atoms with Crippen molar-refractivity contribution in [2.24, 2.45) is 0 Å². The predicted octanol–water partition coefficient (Wildman–Crippen LogP) is 6.62. The second kappa shape index (κ2) is 18.4. The van der Waals surface area contributed by atoms with Crippen LogP contribution < -0.4 is 15.0 Å². The van der Waals surface area contributed by atoms with Crippen LogP contribution in [0.1, 0.15) is 32.1 Å². The van der Waals surface area contributed by atoms with Crippen LogP contribution in [0.15, 0.2) is 36.5 Å². The van der Waals surface area contributed by atoms with Crippen molar-refractivity contribution in [2.75, 3.05) is 37.7 Å². The van der Waals surface area contributed by atoms with Crippen molar-refractivity contribution in [1.82, 2.24) is 25.2 Å². The standard InChI is InChI=1S/C31H31F3N6O2.3C2HF3O2/c32-18-11-31(7-2-8-40(31)13-18)16-42-30-37-28-23(29(38-30)39-14-19-5-6-20(15-39)36-19)12-35-27(26(28)34)22-10-21(41)9-17-3-1-4-24(33)25(17)22;3*3-2(4,5)1(6)7/h1,3-4,9-10,12,18-20,36,41H,2,5-8,11,13-16H2;3*(H,6,7)/t18?,19-,20+,31?;;;. The number of carbonyl (C=O) groups is 3. The first-order chi connectivity index (χ1) is 29.2. The van der Waals surface area contributed by atoms with Gasteiger partial charge in [0.05, 0.1) is 10.9 Å². The van der Waals surface area contributed by atoms with Crippen LogP contribution in [0.25, 0.3) is 32.9 Å². The van der Waals surface area contributed by atoms with Crippen molar-refractivity contribution in [2.45, 2.75) is 74.4 Å². The van der Waals surface area contributed by atoms with E-state index in [2.05, 4.69) is 25.1 Å². The number of nitrogens with zero attached hydrogens (tertiary/aromatic N) is 5. The average molecular weight is 919 g/mol. The van der Waals surface area contributed by atoms with Crippen LogP contribution in [-0.4, -0.2) is 133 Å². The minimum absolute atomic E-state index is 0.00859. The van der Waals surface area contributed by atoms with E-state index in [0.717, 1.165) is 32.2 Å². The fourth-order valence-electron chi connectivity index (χ4n) is 7.69. The molecule has 4 aromatic rings. The topological polar surface area (TPSA) is 199 Å². The Balaban J connectivity index is 0.000000296. The second-order valence-electron chi connectivity index (χ2n) is 14.7. The Hall–Kier alpha value is -5.92. The number of aromatic nitrogens is 3. The summed E-state index contributed by atoms with van der Waals surface area (Å²) in [5.74, 6) is -9.16. The number of hydrogen-bond donors (Lipinski definition) is 5. The molecule has 0 amide bonds. The number of hydrogen-bond acceptors (Lipinski definition) is 11. The number of alkyl halides is 10. The molecule has 8 rings (SSSR count). The number of aliphatic carboxylic acids is 3. The number of fused-ring (bicyclic) bond motifs is 5. The molecule has 6 heterocycles. The maximum Gasteiger partial charge on any atom is 0.490 e. The molecule has 26 heteroatoms. The Kier molecular flexibility index (Phi) is 14.1. The third kappa shape index (κ3) is 11.4. The molecule has 4 aliphatic rings. The monoisotopic (exact) mass is 918 g/mol. The molecule has 14 nitrogen and oxygen atoms in total. The highest BCUT2D eigenvalue weighted by molar-refractivity contribution is 6.00. The maximum absolute atomic E-state index is 16.5. The molecule has 344 valence electrons. The Morgan fingerprint density at radius 3 is 1.98 bits per heavy atom. The van der Waals surface area contributed by atoms with Crippen molar-refractivity contribution in [3.63, 3.8) is 0 Å². The van der Waals surface area contributed by atoms with Gasteiger partial charge in [0, 0.05) is 55.3 Å². The van der Waals surface area contributed by atoms with Crippen LogP contribution in [0.4, 0.5) is 58.5 Å². The van der Waals surface area contributed by atoms with Gasteiger partial charge in [0.25, 0.3) is 0 Å². The van der Waals surface area contributed by atoms with E-state index in [1.807, 2.05) is 0 Å². The van der Waals surface area contributed by atoms with Gasteiger partial charge in [-0.05, 0) is 55.8 Å². The lowest BCUT2D eigenvalue weighted by atomic mass is 9.95. The number of nitrogens with one attached hydrogen (secondary N) is 1. The van der Waals surface area contributed by atoms with E-state index in [0.29, 0.717) is 54.7 Å². The molecule has 4 fully saturated rings. The summed E-state index contributed by atoms with van der Waals surface area (Å²) in [6.07, 6.45) is -10.3. The summed E-state index contributed by atoms with van der Waals surface area (Å²) in [6.45, 7) is 2.85. The lowest BCUT2D eigenvalue weighted by molar-refractivity contribution is -0.193. The molecule has 63 heavy (non-hydrogen) atoms. The molecule has 2 bridgehead atoms. The lowest BCUT2D eigenvalue weighted by Crippen LogP contribution is -2.51. The lowest BCUT2D eigenvalue weighted by Gasteiger charge is -2.34. The average Bonchev–Trinajstić information content (AvgIpc) is 3.83. The van der Waals surface area contributed by atoms with Gasteiger partial charge in [-0.1, -0.05) is 12.1 Å². The molecular weight excluding hydrogens is 884 g/mol. The van der Waals surface area contributed by atoms with Crippen LogP contribution >= 0.6 is 0 Å². The van der Waals surface area contributed by atoms with Gasteiger partial charge in [-0.2, -0.15) is 49.5 Å². The van der Waals surface area contributed by atoms with E-state index < -0.39 is 59.8 Å². The van der Waals surface area contributed by atoms with Crippen LogP contribution in [0.5, 0.6) is 11.8 Å². The van der Waals surface area contributed by atoms with Gasteiger partial charge in [-0.25, -0.2) is 27.6 Å². The SMILES string of the molecule is O=C(O)C(F)(F)F.O=C(O)C(F)(F)F.O=C(O)C(F)(F)F.Oc1cc(-c2ncc3c(N4C[C@H]5CC[C@@H](C4)N5)nc(OCC45CCCN4CC(F)C5)nc3c2F)c2c(F)cccc2c1. The molecule has 5 N–H and O–H groups in total. The summed E-state index contributed by atoms with van der Waals surface area (Å²) >= 11 is 0. The molecule has 4 aliphatic heterocycles. The van der Waals surface area contributed by atoms with E-state index in [4.69, 9.17) is 39.4 Å². The zero-order valence-corrected chi connectivity index (χ0v) is 32.0. The third-order valence-corrected chi connectivity index (χ3v) is 10.3. The molecule has 0 aliphatic carbocycles. The molecule has 2 unspecified atom stereocenters. The van der Waals surface area contributed by atoms with Crippen molar-refractivity contribution in [1.29, 1.82) is 0 Å². The van der Waals surface area contributed by atoms with Gasteiger partial charge >= 0.3 is 42.4 Å². The summed E-state index contributed by atoms with van der Waals surface area (Å²) in [5, 5.41) is 36.4. The number of phenols is 1. The first kappa shape index (κ1) is 48.1. The smallest absolute Gasteiger partial charge is 0.490 e. The number of pyridine rings is 1. The maximum atomic E-state index is 16.5. The number of anilines is 1. The fraction of sp³-hybridized carbons (Fsp3) is 0.459. The third-order valence-electron chi connectivity index (χ3n) is 10.3. The van der Waals surface area contributed by atoms with E-state index in [-0.39, 0.29) is 40.5 Å². The van der Waals surface area contributed by atoms with Crippen molar-refractivity contribution in [3.8, 4) is 23.0 Å². The number of halogens is 12. The molecule has 4 atom stereocenters. The zero-order valence-electron chi connectivity index (χ0n) is 32.0. The normalized spacial score (nSPS) is 22.0. The number of phenolic OH excluding ortho intramolecular Hbond substituents is 1. The number of piperazine rings is 1. The van der Waals surface area contributed by atoms with E-state index in [1.165, 1.54) is 30.5 Å². The quantitative estimate of drug-likeness (QED) is 0.134. The molecule has 2 aromatic heterocycles. The first-order valence-corrected chi connectivity index (χ1v) is 18.4. The van der Waals surface area contributed by atoms with E-state index in [9.17, 15) is 49.0 Å². The molecule has 0 radical (unpaired) electrons. The largest absolute Gasteiger partial charge is 0.508 e. The van der Waals surface area contributed by atoms with Crippen LogP contribution in [0.2, 0.25) is 0 Å². The highest BCUT2D eigenvalue weighted by atomic mass is 19.4. The second-order valence-corrected chi connectivity index (χ2v) is 14.7. The number of aromatic hydroxyl groups is 1. The van der Waals surface area contributed by atoms with E-state index in [1.54, 1.807) is 6.07 Å². The zero-order chi connectivity index (χ0) is 46.8. The summed E-state index contributed by atoms with van der Waals surface area (Å²) in [6, 6.07) is 7.88. The minimum atomic E-state index is -5.08. The van der Waals surface area contributed by atoms with Crippen molar-refractivity contribution in [3.05, 3.63) is 48.2 Å². The van der Waals surface area contributed by atoms with Gasteiger partial charge in [0.1, 0.15) is 41.4 Å². The molecular formula is C37H34F12N6O8. The Morgan fingerprint density at radius 1 is 0.857 bits per heavy atom. The number of benzene rings is 2. The highest BCUT2D eigenvalue weighted by Crippen LogP contribution is 2.42. The van der Waals surface area contributed by atoms with Gasteiger partial charge in [0.2, 0.25) is 0 Å². The number of carboxylic acids is 3. The van der Waals surface area contributed by atoms with Gasteiger partial charge in [-0.3, -0.25) is 9.88 Å². The summed E-state index contributed by atoms with van der Waals surface area (Å²) in [5.41, 5.74) is -0.396. The summed E-state index contributed by atoms with van der Waals surface area (Å²) in [4.78, 5) is 44.7. The Bertz CT molecular complexity index is 2280. The highest BCUT2D eigenvalue weighted by Gasteiger charge is 2.49. The number of rotatable bonds is 5. The van der Waals surface area contributed by atoms with Crippen LogP contribution in [0, 0.1) is 11.6 Å². The van der Waals surface area contributed by atoms with Gasteiger partial charge in [-0.15, -0.1) is 0 Å². The van der Waals surface area contributed by atoms with E-state index >= 15 is 8.78 Å². The van der Waals surface area contributed by atoms with Gasteiger partial charge < -0.3 is 35.4 Å². The fourth-order valence-corrected chi connectivity index (χ4v) is 7.69. The minimum Gasteiger partial charge on any atom is -0.508 e. The van der Waals surface area contributed by atoms with Crippen molar-refractivity contribution >= 4 is 45.4 Å². The molecule has 4 saturated heterocycles. The van der Waals surface area contributed by atoms with Gasteiger partial charge in [0.15, 0.2) is 5.82 Å². The number of ether oxygens (including phenoxy) is 1. The molecule has 2 aromatic carbocycles. The Labute approximate surface area is 346 Å². The predicted molar refractivity (Wildman–Crippen MR) is 194 cm³/mol. The molecule has 0 spiro atoms.